The number of rotatable bonds is 0. The topological polar surface area (TPSA) is 26.0 Å². The van der Waals surface area contributed by atoms with Gasteiger partial charge in [-0.1, -0.05) is 15.9 Å². The Morgan fingerprint density at radius 3 is 2.67 bits per heavy atom. The molecule has 0 saturated heterocycles. The van der Waals surface area contributed by atoms with Gasteiger partial charge in [0.05, 0.1) is 14.2 Å². The van der Waals surface area contributed by atoms with Gasteiger partial charge >= 0.3 is 0 Å². The van der Waals surface area contributed by atoms with Crippen molar-refractivity contribution in [1.29, 1.82) is 0 Å². The first-order valence-electron chi connectivity index (χ1n) is 3.31. The van der Waals surface area contributed by atoms with Crippen LogP contribution in [0.25, 0.3) is 10.1 Å². The van der Waals surface area contributed by atoms with Gasteiger partial charge in [-0.05, 0) is 39.5 Å². The van der Waals surface area contributed by atoms with Crippen LogP contribution in [0.5, 0.6) is 0 Å². The summed E-state index contributed by atoms with van der Waals surface area (Å²) in [4.78, 5) is 0. The van der Waals surface area contributed by atoms with E-state index in [1.165, 1.54) is 5.39 Å². The highest BCUT2D eigenvalue weighted by molar-refractivity contribution is 9.11. The fourth-order valence-corrected chi connectivity index (χ4v) is 3.13. The fourth-order valence-electron chi connectivity index (χ4n) is 1.11. The predicted molar refractivity (Wildman–Crippen MR) is 61.6 cm³/mol. The molecular formula is C8H5Br2NS. The zero-order valence-corrected chi connectivity index (χ0v) is 9.96. The summed E-state index contributed by atoms with van der Waals surface area (Å²) in [6.07, 6.45) is 0. The summed E-state index contributed by atoms with van der Waals surface area (Å²) in [6.45, 7) is 0. The lowest BCUT2D eigenvalue weighted by molar-refractivity contribution is 1.74. The number of nitrogen functional groups attached to an aromatic ring is 1. The highest BCUT2D eigenvalue weighted by atomic mass is 79.9. The summed E-state index contributed by atoms with van der Waals surface area (Å²) in [5.41, 5.74) is 6.66. The molecule has 0 saturated carbocycles. The third kappa shape index (κ3) is 1.39. The van der Waals surface area contributed by atoms with Gasteiger partial charge < -0.3 is 5.73 Å². The number of fused-ring (bicyclic) bond motifs is 1. The van der Waals surface area contributed by atoms with E-state index >= 15 is 0 Å². The molecule has 0 bridgehead atoms. The Hall–Kier alpha value is -0.0600. The number of anilines is 1. The van der Waals surface area contributed by atoms with Crippen LogP contribution >= 0.6 is 43.2 Å². The van der Waals surface area contributed by atoms with Crippen molar-refractivity contribution in [2.45, 2.75) is 0 Å². The van der Waals surface area contributed by atoms with Gasteiger partial charge in [-0.3, -0.25) is 0 Å². The molecule has 0 aliphatic carbocycles. The number of halogens is 2. The Morgan fingerprint density at radius 1 is 1.17 bits per heavy atom. The lowest BCUT2D eigenvalue weighted by atomic mass is 10.2. The van der Waals surface area contributed by atoms with E-state index in [-0.39, 0.29) is 0 Å². The minimum absolute atomic E-state index is 0.829. The maximum Gasteiger partial charge on any atom is 0.0711 e. The Labute approximate surface area is 90.8 Å². The van der Waals surface area contributed by atoms with Crippen LogP contribution in [0.1, 0.15) is 0 Å². The Kier molecular flexibility index (Phi) is 2.14. The van der Waals surface area contributed by atoms with Crippen LogP contribution in [-0.4, -0.2) is 0 Å². The molecule has 1 nitrogen and oxygen atoms in total. The van der Waals surface area contributed by atoms with Crippen LogP contribution in [0.3, 0.4) is 0 Å². The zero-order chi connectivity index (χ0) is 8.72. The van der Waals surface area contributed by atoms with E-state index in [4.69, 9.17) is 5.73 Å². The van der Waals surface area contributed by atoms with Crippen molar-refractivity contribution in [2.75, 3.05) is 5.73 Å². The van der Waals surface area contributed by atoms with Crippen molar-refractivity contribution in [2.24, 2.45) is 0 Å². The zero-order valence-electron chi connectivity index (χ0n) is 5.97. The second-order valence-corrected chi connectivity index (χ2v) is 5.81. The molecule has 1 aromatic heterocycles. The SMILES string of the molecule is Nc1cc(Br)cc2cc(Br)sc12. The predicted octanol–water partition coefficient (Wildman–Crippen LogP) is 4.01. The van der Waals surface area contributed by atoms with E-state index in [0.29, 0.717) is 0 Å². The molecule has 2 N–H and O–H groups in total. The maximum atomic E-state index is 5.83. The Bertz CT molecular complexity index is 436. The molecular weight excluding hydrogens is 302 g/mol. The number of hydrogen-bond donors (Lipinski definition) is 1. The summed E-state index contributed by atoms with van der Waals surface area (Å²) in [6, 6.07) is 6.05. The molecule has 1 aromatic carbocycles. The van der Waals surface area contributed by atoms with Crippen LogP contribution in [-0.2, 0) is 0 Å². The standard InChI is InChI=1S/C8H5Br2NS/c9-5-1-4-2-7(10)12-8(4)6(11)3-5/h1-3H,11H2. The maximum absolute atomic E-state index is 5.83. The van der Waals surface area contributed by atoms with Gasteiger partial charge in [0.2, 0.25) is 0 Å². The minimum atomic E-state index is 0.829. The number of nitrogens with two attached hydrogens (primary N) is 1. The minimum Gasteiger partial charge on any atom is -0.398 e. The second kappa shape index (κ2) is 3.01. The fraction of sp³-hybridized carbons (Fsp3) is 0. The van der Waals surface area contributed by atoms with Crippen molar-refractivity contribution >= 4 is 59.0 Å². The molecule has 4 heteroatoms. The van der Waals surface area contributed by atoms with E-state index in [1.807, 2.05) is 6.07 Å². The lowest BCUT2D eigenvalue weighted by Gasteiger charge is -1.95. The molecule has 62 valence electrons. The van der Waals surface area contributed by atoms with Gasteiger partial charge in [0.25, 0.3) is 0 Å². The molecule has 2 aromatic rings. The number of hydrogen-bond acceptors (Lipinski definition) is 2. The van der Waals surface area contributed by atoms with E-state index in [0.717, 1.165) is 18.6 Å². The van der Waals surface area contributed by atoms with Crippen molar-refractivity contribution in [1.82, 2.24) is 0 Å². The van der Waals surface area contributed by atoms with Crippen LogP contribution in [0.2, 0.25) is 0 Å². The monoisotopic (exact) mass is 305 g/mol. The first-order chi connectivity index (χ1) is 5.66. The molecule has 0 aliphatic rings. The van der Waals surface area contributed by atoms with Gasteiger partial charge in [-0.2, -0.15) is 0 Å². The summed E-state index contributed by atoms with van der Waals surface area (Å²) in [7, 11) is 0. The van der Waals surface area contributed by atoms with E-state index in [9.17, 15) is 0 Å². The first kappa shape index (κ1) is 8.53. The quantitative estimate of drug-likeness (QED) is 0.731. The molecule has 12 heavy (non-hydrogen) atoms. The summed E-state index contributed by atoms with van der Waals surface area (Å²) < 4.78 is 3.28. The van der Waals surface area contributed by atoms with Crippen LogP contribution in [0.4, 0.5) is 5.69 Å². The molecule has 1 heterocycles. The second-order valence-electron chi connectivity index (χ2n) is 2.46. The Balaban J connectivity index is 2.88. The third-order valence-corrected chi connectivity index (χ3v) is 3.74. The Morgan fingerprint density at radius 2 is 1.92 bits per heavy atom. The number of benzene rings is 1. The lowest BCUT2D eigenvalue weighted by Crippen LogP contribution is -1.83. The summed E-state index contributed by atoms with van der Waals surface area (Å²) in [5.74, 6) is 0. The smallest absolute Gasteiger partial charge is 0.0711 e. The molecule has 0 spiro atoms. The van der Waals surface area contributed by atoms with Crippen molar-refractivity contribution < 1.29 is 0 Å². The molecule has 0 amide bonds. The van der Waals surface area contributed by atoms with E-state index in [2.05, 4.69) is 44.0 Å². The van der Waals surface area contributed by atoms with Gasteiger partial charge in [-0.25, -0.2) is 0 Å². The van der Waals surface area contributed by atoms with Gasteiger partial charge in [0, 0.05) is 4.47 Å². The van der Waals surface area contributed by atoms with Gasteiger partial charge in [-0.15, -0.1) is 11.3 Å². The van der Waals surface area contributed by atoms with E-state index in [1.54, 1.807) is 11.3 Å². The molecule has 0 atom stereocenters. The van der Waals surface area contributed by atoms with Gasteiger partial charge in [0.1, 0.15) is 0 Å². The number of thiophene rings is 1. The first-order valence-corrected chi connectivity index (χ1v) is 5.71. The highest BCUT2D eigenvalue weighted by Gasteiger charge is 2.03. The largest absolute Gasteiger partial charge is 0.398 e. The molecule has 0 unspecified atom stereocenters. The summed E-state index contributed by atoms with van der Waals surface area (Å²) >= 11 is 8.49. The van der Waals surface area contributed by atoms with Crippen molar-refractivity contribution in [3.63, 3.8) is 0 Å². The van der Waals surface area contributed by atoms with Crippen molar-refractivity contribution in [3.05, 3.63) is 26.5 Å². The van der Waals surface area contributed by atoms with E-state index < -0.39 is 0 Å². The van der Waals surface area contributed by atoms with Crippen molar-refractivity contribution in [3.8, 4) is 0 Å². The summed E-state index contributed by atoms with van der Waals surface area (Å²) in [5, 5.41) is 1.18. The highest BCUT2D eigenvalue weighted by Crippen LogP contribution is 2.35. The third-order valence-electron chi connectivity index (χ3n) is 1.58. The average molecular weight is 307 g/mol. The molecule has 0 aliphatic heterocycles. The molecule has 0 radical (unpaired) electrons. The average Bonchev–Trinajstić information content (AvgIpc) is 2.29. The normalized spacial score (nSPS) is 10.8. The molecule has 0 fully saturated rings. The van der Waals surface area contributed by atoms with Crippen LogP contribution in [0, 0.1) is 0 Å². The van der Waals surface area contributed by atoms with Gasteiger partial charge in [0.15, 0.2) is 0 Å². The molecule has 2 rings (SSSR count). The van der Waals surface area contributed by atoms with Crippen LogP contribution < -0.4 is 5.73 Å². The van der Waals surface area contributed by atoms with Crippen LogP contribution in [0.15, 0.2) is 26.5 Å².